The molecule has 0 fully saturated rings. The normalized spacial score (nSPS) is 12.2. The van der Waals surface area contributed by atoms with Gasteiger partial charge in [-0.15, -0.1) is 6.58 Å². The topological polar surface area (TPSA) is 48.1 Å². The quantitative estimate of drug-likeness (QED) is 0.684. The highest BCUT2D eigenvalue weighted by Crippen LogP contribution is 2.20. The second-order valence-corrected chi connectivity index (χ2v) is 2.36. The summed E-state index contributed by atoms with van der Waals surface area (Å²) in [6.07, 6.45) is 3.32. The molecule has 1 aromatic heterocycles. The van der Waals surface area contributed by atoms with Gasteiger partial charge in [0.25, 0.3) is 0 Å². The lowest BCUT2D eigenvalue weighted by Crippen LogP contribution is -2.08. The highest BCUT2D eigenvalue weighted by molar-refractivity contribution is 5.30. The summed E-state index contributed by atoms with van der Waals surface area (Å²) >= 11 is 0. The van der Waals surface area contributed by atoms with Crippen LogP contribution in [0.15, 0.2) is 31.0 Å². The third-order valence-electron chi connectivity index (χ3n) is 1.61. The molecule has 0 aliphatic carbocycles. The molecule has 0 aliphatic heterocycles. The van der Waals surface area contributed by atoms with Crippen LogP contribution in [0.2, 0.25) is 0 Å². The molecule has 2 N–H and O–H groups in total. The predicted octanol–water partition coefficient (Wildman–Crippen LogP) is 1.28. The molecule has 3 nitrogen and oxygen atoms in total. The molecule has 0 radical (unpaired) electrons. The van der Waals surface area contributed by atoms with Crippen molar-refractivity contribution in [1.29, 1.82) is 0 Å². The van der Waals surface area contributed by atoms with E-state index >= 15 is 0 Å². The molecular weight excluding hydrogens is 152 g/mol. The largest absolute Gasteiger partial charge is 0.481 e. The molecule has 1 aromatic rings. The monoisotopic (exact) mass is 164 g/mol. The fraction of sp³-hybridized carbons (Fsp3) is 0.222. The number of pyridine rings is 1. The van der Waals surface area contributed by atoms with Crippen LogP contribution < -0.4 is 10.5 Å². The van der Waals surface area contributed by atoms with Gasteiger partial charge < -0.3 is 10.5 Å². The van der Waals surface area contributed by atoms with Gasteiger partial charge in [0.05, 0.1) is 13.2 Å². The van der Waals surface area contributed by atoms with Gasteiger partial charge in [-0.3, -0.25) is 0 Å². The molecule has 12 heavy (non-hydrogen) atoms. The van der Waals surface area contributed by atoms with Gasteiger partial charge in [0.15, 0.2) is 0 Å². The molecule has 0 aromatic carbocycles. The molecule has 3 heteroatoms. The molecule has 0 saturated heterocycles. The first kappa shape index (κ1) is 8.74. The van der Waals surface area contributed by atoms with Crippen molar-refractivity contribution in [2.45, 2.75) is 6.04 Å². The lowest BCUT2D eigenvalue weighted by atomic mass is 10.1. The summed E-state index contributed by atoms with van der Waals surface area (Å²) < 4.78 is 5.03. The highest BCUT2D eigenvalue weighted by atomic mass is 16.5. The van der Waals surface area contributed by atoms with E-state index in [9.17, 15) is 0 Å². The van der Waals surface area contributed by atoms with E-state index < -0.39 is 0 Å². The van der Waals surface area contributed by atoms with Crippen molar-refractivity contribution < 1.29 is 4.74 Å². The molecule has 1 rings (SSSR count). The molecule has 0 bridgehead atoms. The Morgan fingerprint density at radius 2 is 2.50 bits per heavy atom. The number of ether oxygens (including phenoxy) is 1. The number of aromatic nitrogens is 1. The minimum atomic E-state index is -0.214. The maximum absolute atomic E-state index is 5.73. The maximum Gasteiger partial charge on any atom is 0.218 e. The zero-order valence-electron chi connectivity index (χ0n) is 7.03. The summed E-state index contributed by atoms with van der Waals surface area (Å²) in [6, 6.07) is 3.48. The van der Waals surface area contributed by atoms with Crippen molar-refractivity contribution in [2.75, 3.05) is 7.11 Å². The second-order valence-electron chi connectivity index (χ2n) is 2.36. The predicted molar refractivity (Wildman–Crippen MR) is 47.9 cm³/mol. The Hall–Kier alpha value is -1.35. The van der Waals surface area contributed by atoms with Crippen LogP contribution in [-0.2, 0) is 0 Å². The van der Waals surface area contributed by atoms with Crippen molar-refractivity contribution in [1.82, 2.24) is 4.98 Å². The van der Waals surface area contributed by atoms with Gasteiger partial charge in [0.1, 0.15) is 0 Å². The van der Waals surface area contributed by atoms with Gasteiger partial charge in [0.2, 0.25) is 5.88 Å². The van der Waals surface area contributed by atoms with E-state index in [4.69, 9.17) is 10.5 Å². The van der Waals surface area contributed by atoms with Crippen LogP contribution in [0.4, 0.5) is 0 Å². The highest BCUT2D eigenvalue weighted by Gasteiger charge is 2.07. The fourth-order valence-corrected chi connectivity index (χ4v) is 0.954. The van der Waals surface area contributed by atoms with Gasteiger partial charge >= 0.3 is 0 Å². The molecule has 0 spiro atoms. The average molecular weight is 164 g/mol. The third kappa shape index (κ3) is 1.62. The Kier molecular flexibility index (Phi) is 2.82. The molecule has 0 amide bonds. The van der Waals surface area contributed by atoms with Crippen molar-refractivity contribution >= 4 is 0 Å². The van der Waals surface area contributed by atoms with Gasteiger partial charge in [-0.1, -0.05) is 12.1 Å². The smallest absolute Gasteiger partial charge is 0.218 e. The SMILES string of the molecule is C=CC(N)c1cccnc1OC. The number of hydrogen-bond donors (Lipinski definition) is 1. The third-order valence-corrected chi connectivity index (χ3v) is 1.61. The molecule has 1 heterocycles. The van der Waals surface area contributed by atoms with E-state index in [1.165, 1.54) is 0 Å². The van der Waals surface area contributed by atoms with Gasteiger partial charge in [-0.05, 0) is 6.07 Å². The fourth-order valence-electron chi connectivity index (χ4n) is 0.954. The first-order chi connectivity index (χ1) is 5.79. The molecule has 0 saturated carbocycles. The summed E-state index contributed by atoms with van der Waals surface area (Å²) in [4.78, 5) is 4.02. The van der Waals surface area contributed by atoms with Crippen molar-refractivity contribution in [3.05, 3.63) is 36.5 Å². The Morgan fingerprint density at radius 1 is 1.75 bits per heavy atom. The van der Waals surface area contributed by atoms with Crippen molar-refractivity contribution in [3.63, 3.8) is 0 Å². The zero-order chi connectivity index (χ0) is 8.97. The Morgan fingerprint density at radius 3 is 3.08 bits per heavy atom. The molecule has 0 aliphatic rings. The van der Waals surface area contributed by atoms with E-state index in [1.807, 2.05) is 12.1 Å². The van der Waals surface area contributed by atoms with Crippen LogP contribution >= 0.6 is 0 Å². The number of nitrogens with zero attached hydrogens (tertiary/aromatic N) is 1. The Bertz CT molecular complexity index is 273. The average Bonchev–Trinajstić information content (AvgIpc) is 2.16. The summed E-state index contributed by atoms with van der Waals surface area (Å²) in [5, 5.41) is 0. The van der Waals surface area contributed by atoms with E-state index in [1.54, 1.807) is 19.4 Å². The minimum absolute atomic E-state index is 0.214. The summed E-state index contributed by atoms with van der Waals surface area (Å²) in [5.41, 5.74) is 6.59. The number of methoxy groups -OCH3 is 1. The van der Waals surface area contributed by atoms with Crippen LogP contribution in [-0.4, -0.2) is 12.1 Å². The standard InChI is InChI=1S/C9H12N2O/c1-3-8(10)7-5-4-6-11-9(7)12-2/h3-6,8H,1,10H2,2H3. The lowest BCUT2D eigenvalue weighted by Gasteiger charge is -2.09. The first-order valence-corrected chi connectivity index (χ1v) is 3.66. The number of nitrogens with two attached hydrogens (primary N) is 1. The maximum atomic E-state index is 5.73. The minimum Gasteiger partial charge on any atom is -0.481 e. The van der Waals surface area contributed by atoms with E-state index in [0.29, 0.717) is 5.88 Å². The van der Waals surface area contributed by atoms with E-state index in [-0.39, 0.29) is 6.04 Å². The van der Waals surface area contributed by atoms with Crippen LogP contribution in [0.5, 0.6) is 5.88 Å². The van der Waals surface area contributed by atoms with Crippen LogP contribution in [0, 0.1) is 0 Å². The van der Waals surface area contributed by atoms with Crippen molar-refractivity contribution in [2.24, 2.45) is 5.73 Å². The lowest BCUT2D eigenvalue weighted by molar-refractivity contribution is 0.391. The molecule has 1 atom stereocenters. The van der Waals surface area contributed by atoms with Crippen LogP contribution in [0.1, 0.15) is 11.6 Å². The summed E-state index contributed by atoms with van der Waals surface area (Å²) in [6.45, 7) is 3.60. The Labute approximate surface area is 71.9 Å². The van der Waals surface area contributed by atoms with E-state index in [2.05, 4.69) is 11.6 Å². The molecule has 64 valence electrons. The molecule has 1 unspecified atom stereocenters. The Balaban J connectivity index is 3.04. The van der Waals surface area contributed by atoms with Gasteiger partial charge in [-0.25, -0.2) is 4.98 Å². The first-order valence-electron chi connectivity index (χ1n) is 3.66. The summed E-state index contributed by atoms with van der Waals surface area (Å²) in [7, 11) is 1.57. The van der Waals surface area contributed by atoms with Gasteiger partial charge in [-0.2, -0.15) is 0 Å². The van der Waals surface area contributed by atoms with E-state index in [0.717, 1.165) is 5.56 Å². The van der Waals surface area contributed by atoms with Crippen LogP contribution in [0.25, 0.3) is 0 Å². The zero-order valence-corrected chi connectivity index (χ0v) is 7.03. The van der Waals surface area contributed by atoms with Crippen molar-refractivity contribution in [3.8, 4) is 5.88 Å². The second kappa shape index (κ2) is 3.88. The van der Waals surface area contributed by atoms with Crippen LogP contribution in [0.3, 0.4) is 0 Å². The summed E-state index contributed by atoms with van der Waals surface area (Å²) in [5.74, 6) is 0.560. The number of rotatable bonds is 3. The van der Waals surface area contributed by atoms with Gasteiger partial charge in [0, 0.05) is 11.8 Å². The number of hydrogen-bond acceptors (Lipinski definition) is 3. The molecular formula is C9H12N2O.